The van der Waals surface area contributed by atoms with Crippen LogP contribution in [0.15, 0.2) is 29.4 Å². The molecule has 2 aliphatic rings. The predicted octanol–water partition coefficient (Wildman–Crippen LogP) is 0.988. The van der Waals surface area contributed by atoms with Gasteiger partial charge in [-0.1, -0.05) is 17.3 Å². The Labute approximate surface area is 112 Å². The molecule has 4 N–H and O–H groups in total. The zero-order chi connectivity index (χ0) is 13.4. The molecular formula is C14H19N3O2. The summed E-state index contributed by atoms with van der Waals surface area (Å²) in [6.45, 7) is 1.79. The summed E-state index contributed by atoms with van der Waals surface area (Å²) in [6.07, 6.45) is 1.84. The maximum absolute atomic E-state index is 9.97. The van der Waals surface area contributed by atoms with Gasteiger partial charge in [-0.25, -0.2) is 0 Å². The van der Waals surface area contributed by atoms with Crippen molar-refractivity contribution < 1.29 is 10.3 Å². The molecule has 1 saturated heterocycles. The second-order valence-electron chi connectivity index (χ2n) is 5.48. The molecule has 1 saturated carbocycles. The molecule has 1 aromatic carbocycles. The van der Waals surface area contributed by atoms with E-state index in [0.717, 1.165) is 37.2 Å². The molecule has 19 heavy (non-hydrogen) atoms. The summed E-state index contributed by atoms with van der Waals surface area (Å²) >= 11 is 0. The lowest BCUT2D eigenvalue weighted by Crippen LogP contribution is -2.27. The first-order chi connectivity index (χ1) is 9.20. The Morgan fingerprint density at radius 2 is 2.05 bits per heavy atom. The van der Waals surface area contributed by atoms with Gasteiger partial charge in [-0.2, -0.15) is 0 Å². The number of hydrogen-bond donors (Lipinski definition) is 3. The lowest BCUT2D eigenvalue weighted by atomic mass is 10.00. The van der Waals surface area contributed by atoms with E-state index in [1.807, 2.05) is 24.3 Å². The molecule has 1 aromatic rings. The summed E-state index contributed by atoms with van der Waals surface area (Å²) in [7, 11) is 0. The number of amidine groups is 1. The maximum atomic E-state index is 9.97. The number of para-hydroxylation sites is 1. The monoisotopic (exact) mass is 261 g/mol. The molecule has 3 atom stereocenters. The van der Waals surface area contributed by atoms with Crippen molar-refractivity contribution in [2.24, 2.45) is 22.7 Å². The van der Waals surface area contributed by atoms with Gasteiger partial charge in [-0.15, -0.1) is 0 Å². The van der Waals surface area contributed by atoms with Gasteiger partial charge < -0.3 is 20.9 Å². The quantitative estimate of drug-likeness (QED) is 0.321. The Morgan fingerprint density at radius 1 is 1.26 bits per heavy atom. The van der Waals surface area contributed by atoms with Crippen molar-refractivity contribution in [3.8, 4) is 0 Å². The summed E-state index contributed by atoms with van der Waals surface area (Å²) in [5.74, 6) is 1.06. The highest BCUT2D eigenvalue weighted by Gasteiger charge is 2.42. The molecule has 3 rings (SSSR count). The van der Waals surface area contributed by atoms with E-state index in [-0.39, 0.29) is 11.9 Å². The number of benzene rings is 1. The van der Waals surface area contributed by atoms with E-state index < -0.39 is 0 Å². The SMILES string of the molecule is N/C(=N/O)c1ccccc1N1CC2CCC(O)C2C1. The first kappa shape index (κ1) is 12.3. The van der Waals surface area contributed by atoms with Crippen LogP contribution in [0.4, 0.5) is 5.69 Å². The van der Waals surface area contributed by atoms with Crippen LogP contribution < -0.4 is 10.6 Å². The van der Waals surface area contributed by atoms with Crippen molar-refractivity contribution in [2.45, 2.75) is 18.9 Å². The zero-order valence-corrected chi connectivity index (χ0v) is 10.7. The van der Waals surface area contributed by atoms with Crippen molar-refractivity contribution in [1.82, 2.24) is 0 Å². The molecule has 0 spiro atoms. The highest BCUT2D eigenvalue weighted by atomic mass is 16.4. The van der Waals surface area contributed by atoms with Crippen LogP contribution >= 0.6 is 0 Å². The van der Waals surface area contributed by atoms with Crippen LogP contribution in [0.25, 0.3) is 0 Å². The second-order valence-corrected chi connectivity index (χ2v) is 5.48. The number of aliphatic hydroxyl groups is 1. The maximum Gasteiger partial charge on any atom is 0.172 e. The van der Waals surface area contributed by atoms with Gasteiger partial charge in [-0.3, -0.25) is 0 Å². The number of nitrogens with zero attached hydrogens (tertiary/aromatic N) is 2. The van der Waals surface area contributed by atoms with Crippen LogP contribution in [0, 0.1) is 11.8 Å². The van der Waals surface area contributed by atoms with Gasteiger partial charge in [0.2, 0.25) is 0 Å². The Kier molecular flexibility index (Phi) is 3.06. The Bertz CT molecular complexity index is 503. The molecule has 3 unspecified atom stereocenters. The minimum atomic E-state index is -0.175. The van der Waals surface area contributed by atoms with E-state index in [0.29, 0.717) is 11.8 Å². The first-order valence-corrected chi connectivity index (χ1v) is 6.70. The lowest BCUT2D eigenvalue weighted by molar-refractivity contribution is 0.133. The largest absolute Gasteiger partial charge is 0.409 e. The van der Waals surface area contributed by atoms with Crippen molar-refractivity contribution in [1.29, 1.82) is 0 Å². The topological polar surface area (TPSA) is 82.1 Å². The summed E-state index contributed by atoms with van der Waals surface area (Å²) in [5.41, 5.74) is 7.46. The molecule has 1 heterocycles. The van der Waals surface area contributed by atoms with Gasteiger partial charge in [0.25, 0.3) is 0 Å². The molecular weight excluding hydrogens is 242 g/mol. The molecule has 0 bridgehead atoms. The van der Waals surface area contributed by atoms with Gasteiger partial charge in [0.15, 0.2) is 5.84 Å². The highest BCUT2D eigenvalue weighted by Crippen LogP contribution is 2.40. The van der Waals surface area contributed by atoms with E-state index in [1.54, 1.807) is 0 Å². The smallest absolute Gasteiger partial charge is 0.172 e. The van der Waals surface area contributed by atoms with Gasteiger partial charge in [0.05, 0.1) is 6.10 Å². The average molecular weight is 261 g/mol. The molecule has 102 valence electrons. The van der Waals surface area contributed by atoms with Gasteiger partial charge in [-0.05, 0) is 30.9 Å². The molecule has 0 radical (unpaired) electrons. The van der Waals surface area contributed by atoms with E-state index in [4.69, 9.17) is 10.9 Å². The van der Waals surface area contributed by atoms with E-state index in [9.17, 15) is 5.11 Å². The van der Waals surface area contributed by atoms with Crippen molar-refractivity contribution in [3.05, 3.63) is 29.8 Å². The zero-order valence-electron chi connectivity index (χ0n) is 10.7. The van der Waals surface area contributed by atoms with Gasteiger partial charge >= 0.3 is 0 Å². The van der Waals surface area contributed by atoms with Crippen LogP contribution in [0.3, 0.4) is 0 Å². The summed E-state index contributed by atoms with van der Waals surface area (Å²) in [4.78, 5) is 2.24. The minimum Gasteiger partial charge on any atom is -0.409 e. The normalized spacial score (nSPS) is 30.7. The third-order valence-electron chi connectivity index (χ3n) is 4.45. The number of anilines is 1. The summed E-state index contributed by atoms with van der Waals surface area (Å²) in [5, 5.41) is 21.9. The van der Waals surface area contributed by atoms with Gasteiger partial charge in [0, 0.05) is 30.3 Å². The summed E-state index contributed by atoms with van der Waals surface area (Å²) < 4.78 is 0. The third kappa shape index (κ3) is 2.04. The van der Waals surface area contributed by atoms with Crippen LogP contribution in [-0.4, -0.2) is 35.3 Å². The third-order valence-corrected chi connectivity index (χ3v) is 4.45. The van der Waals surface area contributed by atoms with Crippen LogP contribution in [0.1, 0.15) is 18.4 Å². The van der Waals surface area contributed by atoms with Crippen molar-refractivity contribution >= 4 is 11.5 Å². The predicted molar refractivity (Wildman–Crippen MR) is 73.4 cm³/mol. The second kappa shape index (κ2) is 4.74. The Balaban J connectivity index is 1.88. The minimum absolute atomic E-state index is 0.133. The van der Waals surface area contributed by atoms with E-state index in [2.05, 4.69) is 10.1 Å². The fourth-order valence-corrected chi connectivity index (χ4v) is 3.45. The fourth-order valence-electron chi connectivity index (χ4n) is 3.45. The Morgan fingerprint density at radius 3 is 2.79 bits per heavy atom. The molecule has 0 amide bonds. The highest BCUT2D eigenvalue weighted by molar-refractivity contribution is 6.02. The number of fused-ring (bicyclic) bond motifs is 1. The number of oxime groups is 1. The number of nitrogens with two attached hydrogens (primary N) is 1. The molecule has 1 aliphatic heterocycles. The number of aliphatic hydroxyl groups excluding tert-OH is 1. The van der Waals surface area contributed by atoms with E-state index in [1.165, 1.54) is 0 Å². The van der Waals surface area contributed by atoms with Crippen molar-refractivity contribution in [3.63, 3.8) is 0 Å². The standard InChI is InChI=1S/C14H19N3O2/c15-14(16-19)10-3-1-2-4-12(10)17-7-9-5-6-13(18)11(9)8-17/h1-4,9,11,13,18-19H,5-8H2,(H2,15,16). The fraction of sp³-hybridized carbons (Fsp3) is 0.500. The molecule has 1 aliphatic carbocycles. The molecule has 5 heteroatoms. The molecule has 2 fully saturated rings. The lowest BCUT2D eigenvalue weighted by Gasteiger charge is -2.23. The molecule has 5 nitrogen and oxygen atoms in total. The number of rotatable bonds is 2. The van der Waals surface area contributed by atoms with Crippen LogP contribution in [0.2, 0.25) is 0 Å². The number of hydrogen-bond acceptors (Lipinski definition) is 4. The summed E-state index contributed by atoms with van der Waals surface area (Å²) in [6, 6.07) is 7.67. The first-order valence-electron chi connectivity index (χ1n) is 6.70. The van der Waals surface area contributed by atoms with Crippen molar-refractivity contribution in [2.75, 3.05) is 18.0 Å². The molecule has 0 aromatic heterocycles. The van der Waals surface area contributed by atoms with Crippen LogP contribution in [0.5, 0.6) is 0 Å². The van der Waals surface area contributed by atoms with Crippen LogP contribution in [-0.2, 0) is 0 Å². The Hall–Kier alpha value is -1.75. The van der Waals surface area contributed by atoms with E-state index >= 15 is 0 Å². The van der Waals surface area contributed by atoms with Gasteiger partial charge in [0.1, 0.15) is 0 Å². The average Bonchev–Trinajstić information content (AvgIpc) is 3.00.